The molecule has 1 atom stereocenters. The molecule has 0 heterocycles. The van der Waals surface area contributed by atoms with Crippen LogP contribution >= 0.6 is 23.2 Å². The zero-order chi connectivity index (χ0) is 13.7. The van der Waals surface area contributed by atoms with Crippen LogP contribution in [0.15, 0.2) is 48.5 Å². The van der Waals surface area contributed by atoms with Crippen LogP contribution in [0.5, 0.6) is 0 Å². The van der Waals surface area contributed by atoms with Crippen molar-refractivity contribution in [2.24, 2.45) is 11.7 Å². The van der Waals surface area contributed by atoms with Crippen molar-refractivity contribution in [3.8, 4) is 0 Å². The Morgan fingerprint density at radius 2 is 1.68 bits per heavy atom. The largest absolute Gasteiger partial charge is 0.330 e. The topological polar surface area (TPSA) is 26.0 Å². The van der Waals surface area contributed by atoms with Gasteiger partial charge in [-0.05, 0) is 54.6 Å². The first kappa shape index (κ1) is 14.4. The van der Waals surface area contributed by atoms with Gasteiger partial charge in [0.2, 0.25) is 0 Å². The zero-order valence-corrected chi connectivity index (χ0v) is 12.2. The summed E-state index contributed by atoms with van der Waals surface area (Å²) in [6.07, 6.45) is 1.81. The van der Waals surface area contributed by atoms with Gasteiger partial charge in [-0.2, -0.15) is 0 Å². The second kappa shape index (κ2) is 6.95. The number of hydrogen-bond acceptors (Lipinski definition) is 1. The first-order chi connectivity index (χ1) is 9.19. The van der Waals surface area contributed by atoms with Crippen molar-refractivity contribution < 1.29 is 0 Å². The van der Waals surface area contributed by atoms with E-state index in [0.29, 0.717) is 12.5 Å². The lowest BCUT2D eigenvalue weighted by atomic mass is 9.92. The predicted molar refractivity (Wildman–Crippen MR) is 82.9 cm³/mol. The summed E-state index contributed by atoms with van der Waals surface area (Å²) in [4.78, 5) is 0. The second-order valence-electron chi connectivity index (χ2n) is 4.73. The monoisotopic (exact) mass is 293 g/mol. The van der Waals surface area contributed by atoms with Gasteiger partial charge in [0.05, 0.1) is 0 Å². The SMILES string of the molecule is NCC(Cc1ccccc1)Cc1cc(Cl)ccc1Cl. The molecule has 0 aromatic heterocycles. The van der Waals surface area contributed by atoms with Gasteiger partial charge >= 0.3 is 0 Å². The lowest BCUT2D eigenvalue weighted by Gasteiger charge is -2.16. The first-order valence-corrected chi connectivity index (χ1v) is 7.12. The summed E-state index contributed by atoms with van der Waals surface area (Å²) in [5.41, 5.74) is 8.25. The molecule has 0 bridgehead atoms. The highest BCUT2D eigenvalue weighted by molar-refractivity contribution is 6.33. The van der Waals surface area contributed by atoms with Crippen molar-refractivity contribution in [1.82, 2.24) is 0 Å². The molecule has 0 aliphatic carbocycles. The number of halogens is 2. The number of nitrogens with two attached hydrogens (primary N) is 1. The maximum Gasteiger partial charge on any atom is 0.0439 e. The van der Waals surface area contributed by atoms with Crippen LogP contribution in [0.25, 0.3) is 0 Å². The van der Waals surface area contributed by atoms with Gasteiger partial charge in [-0.1, -0.05) is 53.5 Å². The molecule has 0 fully saturated rings. The molecule has 0 radical (unpaired) electrons. The summed E-state index contributed by atoms with van der Waals surface area (Å²) in [6.45, 7) is 0.637. The second-order valence-corrected chi connectivity index (χ2v) is 5.57. The summed E-state index contributed by atoms with van der Waals surface area (Å²) in [5, 5.41) is 1.48. The van der Waals surface area contributed by atoms with Gasteiger partial charge in [-0.3, -0.25) is 0 Å². The minimum absolute atomic E-state index is 0.373. The van der Waals surface area contributed by atoms with Crippen molar-refractivity contribution in [2.75, 3.05) is 6.54 Å². The molecular formula is C16H17Cl2N. The third-order valence-corrected chi connectivity index (χ3v) is 3.82. The molecular weight excluding hydrogens is 277 g/mol. The first-order valence-electron chi connectivity index (χ1n) is 6.37. The van der Waals surface area contributed by atoms with Gasteiger partial charge in [0.1, 0.15) is 0 Å². The summed E-state index contributed by atoms with van der Waals surface area (Å²) in [6, 6.07) is 16.0. The molecule has 0 saturated carbocycles. The quantitative estimate of drug-likeness (QED) is 0.871. The van der Waals surface area contributed by atoms with Crippen LogP contribution in [0.2, 0.25) is 10.0 Å². The summed E-state index contributed by atoms with van der Waals surface area (Å²) >= 11 is 12.2. The van der Waals surface area contributed by atoms with Crippen LogP contribution in [-0.2, 0) is 12.8 Å². The van der Waals surface area contributed by atoms with Gasteiger partial charge < -0.3 is 5.73 Å². The lowest BCUT2D eigenvalue weighted by molar-refractivity contribution is 0.533. The van der Waals surface area contributed by atoms with Crippen molar-refractivity contribution >= 4 is 23.2 Å². The molecule has 0 spiro atoms. The van der Waals surface area contributed by atoms with E-state index in [1.807, 2.05) is 24.3 Å². The predicted octanol–water partition coefficient (Wildman–Crippen LogP) is 4.35. The average molecular weight is 294 g/mol. The van der Waals surface area contributed by atoms with E-state index in [4.69, 9.17) is 28.9 Å². The third kappa shape index (κ3) is 4.24. The molecule has 1 nitrogen and oxygen atoms in total. The molecule has 0 saturated heterocycles. The van der Waals surface area contributed by atoms with Crippen LogP contribution in [0.1, 0.15) is 11.1 Å². The molecule has 0 aliphatic heterocycles. The molecule has 2 aromatic carbocycles. The fourth-order valence-electron chi connectivity index (χ4n) is 2.20. The van der Waals surface area contributed by atoms with E-state index < -0.39 is 0 Å². The highest BCUT2D eigenvalue weighted by atomic mass is 35.5. The fraction of sp³-hybridized carbons (Fsp3) is 0.250. The van der Waals surface area contributed by atoms with E-state index in [1.54, 1.807) is 0 Å². The Morgan fingerprint density at radius 3 is 2.37 bits per heavy atom. The molecule has 2 aromatic rings. The van der Waals surface area contributed by atoms with Crippen molar-refractivity contribution in [1.29, 1.82) is 0 Å². The van der Waals surface area contributed by atoms with E-state index in [-0.39, 0.29) is 0 Å². The molecule has 19 heavy (non-hydrogen) atoms. The summed E-state index contributed by atoms with van der Waals surface area (Å²) < 4.78 is 0. The number of benzene rings is 2. The molecule has 100 valence electrons. The van der Waals surface area contributed by atoms with Gasteiger partial charge in [-0.15, -0.1) is 0 Å². The third-order valence-electron chi connectivity index (χ3n) is 3.22. The molecule has 2 N–H and O–H groups in total. The van der Waals surface area contributed by atoms with Crippen molar-refractivity contribution in [2.45, 2.75) is 12.8 Å². The summed E-state index contributed by atoms with van der Waals surface area (Å²) in [7, 11) is 0. The van der Waals surface area contributed by atoms with Gasteiger partial charge in [-0.25, -0.2) is 0 Å². The number of rotatable bonds is 5. The Balaban J connectivity index is 2.09. The lowest BCUT2D eigenvalue weighted by Crippen LogP contribution is -2.19. The van der Waals surface area contributed by atoms with Crippen molar-refractivity contribution in [3.05, 3.63) is 69.7 Å². The van der Waals surface area contributed by atoms with Crippen LogP contribution in [0.3, 0.4) is 0 Å². The standard InChI is InChI=1S/C16H17Cl2N/c17-15-6-7-16(18)14(10-15)9-13(11-19)8-12-4-2-1-3-5-12/h1-7,10,13H,8-9,11,19H2. The minimum Gasteiger partial charge on any atom is -0.330 e. The van der Waals surface area contributed by atoms with E-state index in [9.17, 15) is 0 Å². The van der Waals surface area contributed by atoms with Gasteiger partial charge in [0, 0.05) is 10.0 Å². The Kier molecular flexibility index (Phi) is 5.26. The van der Waals surface area contributed by atoms with Gasteiger partial charge in [0.15, 0.2) is 0 Å². The van der Waals surface area contributed by atoms with Crippen LogP contribution in [0, 0.1) is 5.92 Å². The van der Waals surface area contributed by atoms with E-state index in [1.165, 1.54) is 5.56 Å². The highest BCUT2D eigenvalue weighted by Gasteiger charge is 2.11. The summed E-state index contributed by atoms with van der Waals surface area (Å²) in [5.74, 6) is 0.373. The van der Waals surface area contributed by atoms with Crippen LogP contribution in [0.4, 0.5) is 0 Å². The fourth-order valence-corrected chi connectivity index (χ4v) is 2.59. The maximum absolute atomic E-state index is 6.20. The Bertz CT molecular complexity index is 526. The molecule has 0 amide bonds. The average Bonchev–Trinajstić information content (AvgIpc) is 2.43. The molecule has 0 aliphatic rings. The van der Waals surface area contributed by atoms with Crippen LogP contribution in [-0.4, -0.2) is 6.54 Å². The zero-order valence-electron chi connectivity index (χ0n) is 10.7. The van der Waals surface area contributed by atoms with E-state index in [2.05, 4.69) is 24.3 Å². The van der Waals surface area contributed by atoms with Crippen LogP contribution < -0.4 is 5.73 Å². The van der Waals surface area contributed by atoms with E-state index >= 15 is 0 Å². The Morgan fingerprint density at radius 1 is 0.947 bits per heavy atom. The molecule has 1 unspecified atom stereocenters. The Labute approximate surface area is 124 Å². The Hall–Kier alpha value is -1.02. The maximum atomic E-state index is 6.20. The smallest absolute Gasteiger partial charge is 0.0439 e. The normalized spacial score (nSPS) is 12.4. The number of hydrogen-bond donors (Lipinski definition) is 1. The minimum atomic E-state index is 0.373. The molecule has 3 heteroatoms. The van der Waals surface area contributed by atoms with Gasteiger partial charge in [0.25, 0.3) is 0 Å². The van der Waals surface area contributed by atoms with Crippen molar-refractivity contribution in [3.63, 3.8) is 0 Å². The van der Waals surface area contributed by atoms with E-state index in [0.717, 1.165) is 28.5 Å². The highest BCUT2D eigenvalue weighted by Crippen LogP contribution is 2.24. The molecule has 2 rings (SSSR count).